The molecule has 4 N–H and O–H groups in total. The van der Waals surface area contributed by atoms with Crippen molar-refractivity contribution in [1.82, 2.24) is 0 Å². The second-order valence-corrected chi connectivity index (χ2v) is 10.3. The van der Waals surface area contributed by atoms with Gasteiger partial charge in [0.05, 0.1) is 10.1 Å². The van der Waals surface area contributed by atoms with E-state index in [0.29, 0.717) is 28.4 Å². The van der Waals surface area contributed by atoms with E-state index >= 15 is 0 Å². The molecule has 0 fully saturated rings. The van der Waals surface area contributed by atoms with Crippen molar-refractivity contribution in [3.05, 3.63) is 83.4 Å². The molecule has 0 saturated carbocycles. The van der Waals surface area contributed by atoms with Crippen molar-refractivity contribution in [3.8, 4) is 0 Å². The first-order valence-corrected chi connectivity index (χ1v) is 12.7. The molecule has 0 aliphatic rings. The van der Waals surface area contributed by atoms with Gasteiger partial charge in [0.1, 0.15) is 0 Å². The predicted octanol–water partition coefficient (Wildman–Crippen LogP) is 4.75. The zero-order valence-electron chi connectivity index (χ0n) is 17.6. The van der Waals surface area contributed by atoms with Crippen LogP contribution in [-0.4, -0.2) is 25.5 Å². The highest BCUT2D eigenvalue weighted by Crippen LogP contribution is 2.29. The van der Waals surface area contributed by atoms with Gasteiger partial charge in [0.2, 0.25) is 15.9 Å². The molecule has 2 amide bonds. The van der Waals surface area contributed by atoms with Crippen LogP contribution >= 0.6 is 23.4 Å². The van der Waals surface area contributed by atoms with Gasteiger partial charge in [0, 0.05) is 26.9 Å². The van der Waals surface area contributed by atoms with Gasteiger partial charge in [-0.2, -0.15) is 0 Å². The van der Waals surface area contributed by atoms with Crippen LogP contribution in [0, 0.1) is 0 Å². The van der Waals surface area contributed by atoms with E-state index in [1.165, 1.54) is 36.0 Å². The van der Waals surface area contributed by atoms with Crippen LogP contribution in [0.5, 0.6) is 0 Å². The van der Waals surface area contributed by atoms with Crippen molar-refractivity contribution in [2.45, 2.75) is 28.4 Å². The number of hydrogen-bond acceptors (Lipinski definition) is 5. The Morgan fingerprint density at radius 2 is 1.67 bits per heavy atom. The fourth-order valence-electron chi connectivity index (χ4n) is 2.92. The standard InChI is InChI=1S/C23H22ClN3O4S2/c1-2-21(23(29)26-17-9-11-20(12-10-17)33(25,30)31)32-19-8-4-7-18(14-19)27-22(28)15-5-3-6-16(24)13-15/h3-14,21H,2H2,1H3,(H,26,29)(H,27,28)(H2,25,30,31). The molecule has 0 radical (unpaired) electrons. The molecule has 0 heterocycles. The van der Waals surface area contributed by atoms with Gasteiger partial charge in [0.15, 0.2) is 0 Å². The number of nitrogens with two attached hydrogens (primary N) is 1. The van der Waals surface area contributed by atoms with E-state index in [-0.39, 0.29) is 16.7 Å². The zero-order chi connectivity index (χ0) is 24.0. The third kappa shape index (κ3) is 7.06. The summed E-state index contributed by atoms with van der Waals surface area (Å²) in [4.78, 5) is 26.0. The molecule has 0 saturated heterocycles. The molecule has 0 aliphatic heterocycles. The second kappa shape index (κ2) is 10.8. The highest BCUT2D eigenvalue weighted by Gasteiger charge is 2.19. The molecule has 0 aliphatic carbocycles. The number of sulfonamides is 1. The van der Waals surface area contributed by atoms with Crippen LogP contribution in [0.4, 0.5) is 11.4 Å². The lowest BCUT2D eigenvalue weighted by Crippen LogP contribution is -2.24. The molecule has 172 valence electrons. The van der Waals surface area contributed by atoms with Crippen molar-refractivity contribution >= 4 is 56.6 Å². The van der Waals surface area contributed by atoms with Crippen molar-refractivity contribution in [3.63, 3.8) is 0 Å². The quantitative estimate of drug-likeness (QED) is 0.383. The Labute approximate surface area is 201 Å². The molecule has 0 spiro atoms. The molecule has 0 aromatic heterocycles. The Bertz CT molecular complexity index is 1260. The van der Waals surface area contributed by atoms with Gasteiger partial charge in [-0.3, -0.25) is 9.59 Å². The SMILES string of the molecule is CCC(Sc1cccc(NC(=O)c2cccc(Cl)c2)c1)C(=O)Nc1ccc(S(N)(=O)=O)cc1. The lowest BCUT2D eigenvalue weighted by atomic mass is 10.2. The molecule has 10 heteroatoms. The summed E-state index contributed by atoms with van der Waals surface area (Å²) in [6.45, 7) is 1.89. The molecule has 3 aromatic rings. The van der Waals surface area contributed by atoms with Gasteiger partial charge in [-0.05, 0) is 67.1 Å². The summed E-state index contributed by atoms with van der Waals surface area (Å²) < 4.78 is 22.7. The van der Waals surface area contributed by atoms with Crippen molar-refractivity contribution in [2.75, 3.05) is 10.6 Å². The van der Waals surface area contributed by atoms with E-state index in [0.717, 1.165) is 4.90 Å². The summed E-state index contributed by atoms with van der Waals surface area (Å²) in [6, 6.07) is 19.5. The summed E-state index contributed by atoms with van der Waals surface area (Å²) in [7, 11) is -3.80. The summed E-state index contributed by atoms with van der Waals surface area (Å²) in [6.07, 6.45) is 0.560. The van der Waals surface area contributed by atoms with Crippen molar-refractivity contribution < 1.29 is 18.0 Å². The highest BCUT2D eigenvalue weighted by molar-refractivity contribution is 8.00. The predicted molar refractivity (Wildman–Crippen MR) is 132 cm³/mol. The Kier molecular flexibility index (Phi) is 8.15. The topological polar surface area (TPSA) is 118 Å². The first-order valence-electron chi connectivity index (χ1n) is 9.93. The smallest absolute Gasteiger partial charge is 0.255 e. The van der Waals surface area contributed by atoms with E-state index in [1.54, 1.807) is 42.5 Å². The number of benzene rings is 3. The first-order chi connectivity index (χ1) is 15.7. The minimum absolute atomic E-state index is 0.0291. The third-order valence-electron chi connectivity index (χ3n) is 4.57. The number of nitrogens with one attached hydrogen (secondary N) is 2. The maximum Gasteiger partial charge on any atom is 0.255 e. The molecular weight excluding hydrogens is 482 g/mol. The number of carbonyl (C=O) groups is 2. The number of halogens is 1. The van der Waals surface area contributed by atoms with Gasteiger partial charge < -0.3 is 10.6 Å². The van der Waals surface area contributed by atoms with E-state index in [9.17, 15) is 18.0 Å². The third-order valence-corrected chi connectivity index (χ3v) is 7.09. The molecule has 0 bridgehead atoms. The summed E-state index contributed by atoms with van der Waals surface area (Å²) in [5.74, 6) is -0.508. The molecule has 33 heavy (non-hydrogen) atoms. The number of hydrogen-bond donors (Lipinski definition) is 3. The van der Waals surface area contributed by atoms with Gasteiger partial charge in [-0.1, -0.05) is 30.7 Å². The maximum absolute atomic E-state index is 12.8. The Morgan fingerprint density at radius 1 is 0.970 bits per heavy atom. The minimum atomic E-state index is -3.80. The normalized spacial score (nSPS) is 12.1. The molecular formula is C23H22ClN3O4S2. The van der Waals surface area contributed by atoms with Gasteiger partial charge in [-0.15, -0.1) is 11.8 Å². The van der Waals surface area contributed by atoms with Crippen molar-refractivity contribution in [2.24, 2.45) is 5.14 Å². The van der Waals surface area contributed by atoms with Gasteiger partial charge >= 0.3 is 0 Å². The Morgan fingerprint density at radius 3 is 2.30 bits per heavy atom. The number of rotatable bonds is 8. The first kappa shape index (κ1) is 24.8. The van der Waals surface area contributed by atoms with Gasteiger partial charge in [-0.25, -0.2) is 13.6 Å². The number of anilines is 2. The van der Waals surface area contributed by atoms with E-state index in [1.807, 2.05) is 13.0 Å². The summed E-state index contributed by atoms with van der Waals surface area (Å²) >= 11 is 7.31. The number of primary sulfonamides is 1. The average Bonchev–Trinajstić information content (AvgIpc) is 2.77. The largest absolute Gasteiger partial charge is 0.325 e. The summed E-state index contributed by atoms with van der Waals surface area (Å²) in [5.41, 5.74) is 1.51. The van der Waals surface area contributed by atoms with Crippen LogP contribution in [0.1, 0.15) is 23.7 Å². The van der Waals surface area contributed by atoms with Crippen LogP contribution in [0.2, 0.25) is 5.02 Å². The van der Waals surface area contributed by atoms with E-state index in [4.69, 9.17) is 16.7 Å². The second-order valence-electron chi connectivity index (χ2n) is 7.07. The van der Waals surface area contributed by atoms with Crippen molar-refractivity contribution in [1.29, 1.82) is 0 Å². The number of carbonyl (C=O) groups excluding carboxylic acids is 2. The fourth-order valence-corrected chi connectivity index (χ4v) is 4.64. The monoisotopic (exact) mass is 503 g/mol. The Hall–Kier alpha value is -2.85. The average molecular weight is 504 g/mol. The lowest BCUT2D eigenvalue weighted by Gasteiger charge is -2.16. The maximum atomic E-state index is 12.8. The van der Waals surface area contributed by atoms with Crippen LogP contribution in [0.25, 0.3) is 0 Å². The van der Waals surface area contributed by atoms with Crippen LogP contribution in [0.15, 0.2) is 82.6 Å². The Balaban J connectivity index is 1.66. The number of thioether (sulfide) groups is 1. The molecule has 3 rings (SSSR count). The van der Waals surface area contributed by atoms with E-state index in [2.05, 4.69) is 10.6 Å². The van der Waals surface area contributed by atoms with Crippen LogP contribution in [-0.2, 0) is 14.8 Å². The van der Waals surface area contributed by atoms with Crippen LogP contribution < -0.4 is 15.8 Å². The molecule has 3 aromatic carbocycles. The lowest BCUT2D eigenvalue weighted by molar-refractivity contribution is -0.115. The highest BCUT2D eigenvalue weighted by atomic mass is 35.5. The van der Waals surface area contributed by atoms with Crippen LogP contribution in [0.3, 0.4) is 0 Å². The number of amides is 2. The fraction of sp³-hybridized carbons (Fsp3) is 0.130. The molecule has 7 nitrogen and oxygen atoms in total. The minimum Gasteiger partial charge on any atom is -0.325 e. The summed E-state index contributed by atoms with van der Waals surface area (Å²) in [5, 5.41) is 10.8. The van der Waals surface area contributed by atoms with Gasteiger partial charge in [0.25, 0.3) is 5.91 Å². The zero-order valence-corrected chi connectivity index (χ0v) is 20.0. The van der Waals surface area contributed by atoms with E-state index < -0.39 is 15.3 Å². The molecule has 1 unspecified atom stereocenters. The molecule has 1 atom stereocenters.